The number of nitrogens with zero attached hydrogens (tertiary/aromatic N) is 2. The minimum Gasteiger partial charge on any atom is -0.344 e. The largest absolute Gasteiger partial charge is 0.344 e. The van der Waals surface area contributed by atoms with Gasteiger partial charge in [0, 0.05) is 37.7 Å². The summed E-state index contributed by atoms with van der Waals surface area (Å²) in [6, 6.07) is 8.07. The molecule has 6 heteroatoms. The lowest BCUT2D eigenvalue weighted by Crippen LogP contribution is -2.44. The van der Waals surface area contributed by atoms with Gasteiger partial charge >= 0.3 is 5.69 Å². The second-order valence-corrected chi connectivity index (χ2v) is 7.29. The minimum absolute atomic E-state index is 0.0786. The van der Waals surface area contributed by atoms with Crippen LogP contribution in [0.15, 0.2) is 45.1 Å². The fraction of sp³-hybridized carbons (Fsp3) is 0.381. The number of benzene rings is 1. The van der Waals surface area contributed by atoms with Crippen LogP contribution in [0.25, 0.3) is 0 Å². The molecule has 1 aliphatic heterocycles. The zero-order chi connectivity index (χ0) is 19.3. The molecule has 0 saturated heterocycles. The fourth-order valence-corrected chi connectivity index (χ4v) is 4.18. The fourth-order valence-electron chi connectivity index (χ4n) is 4.18. The van der Waals surface area contributed by atoms with Gasteiger partial charge in [-0.05, 0) is 30.4 Å². The quantitative estimate of drug-likeness (QED) is 0.886. The Balaban J connectivity index is 2.04. The highest BCUT2D eigenvalue weighted by Crippen LogP contribution is 2.43. The Morgan fingerprint density at radius 2 is 1.74 bits per heavy atom. The number of Topliss-reactive ketones (excluding diaryl/α,β-unsaturated/α-hetero) is 1. The summed E-state index contributed by atoms with van der Waals surface area (Å²) in [7, 11) is 3.13. The highest BCUT2D eigenvalue weighted by atomic mass is 16.2. The molecule has 0 amide bonds. The van der Waals surface area contributed by atoms with Gasteiger partial charge in [-0.15, -0.1) is 0 Å². The van der Waals surface area contributed by atoms with E-state index in [1.165, 1.54) is 17.2 Å². The number of aryl methyl sites for hydroxylation is 1. The van der Waals surface area contributed by atoms with Gasteiger partial charge in [-0.3, -0.25) is 18.7 Å². The van der Waals surface area contributed by atoms with E-state index in [1.54, 1.807) is 7.05 Å². The first kappa shape index (κ1) is 17.5. The van der Waals surface area contributed by atoms with Crippen LogP contribution in [0, 0.1) is 0 Å². The van der Waals surface area contributed by atoms with Crippen LogP contribution in [0.1, 0.15) is 48.8 Å². The molecule has 1 unspecified atom stereocenters. The Kier molecular flexibility index (Phi) is 4.13. The number of anilines is 1. The summed E-state index contributed by atoms with van der Waals surface area (Å²) >= 11 is 0. The molecule has 1 aromatic heterocycles. The third kappa shape index (κ3) is 2.59. The van der Waals surface area contributed by atoms with Gasteiger partial charge < -0.3 is 5.32 Å². The molecule has 1 aromatic carbocycles. The maximum Gasteiger partial charge on any atom is 0.332 e. The van der Waals surface area contributed by atoms with Crippen molar-refractivity contribution < 1.29 is 4.79 Å². The summed E-state index contributed by atoms with van der Waals surface area (Å²) in [6.07, 6.45) is 2.94. The zero-order valence-corrected chi connectivity index (χ0v) is 15.8. The number of hydrogen-bond donors (Lipinski definition) is 1. The molecule has 0 fully saturated rings. The minimum atomic E-state index is -0.444. The number of ketones is 1. The van der Waals surface area contributed by atoms with Crippen molar-refractivity contribution in [3.8, 4) is 0 Å². The Labute approximate surface area is 157 Å². The lowest BCUT2D eigenvalue weighted by atomic mass is 9.76. The Morgan fingerprint density at radius 3 is 2.41 bits per heavy atom. The first-order valence-corrected chi connectivity index (χ1v) is 9.36. The average molecular weight is 365 g/mol. The summed E-state index contributed by atoms with van der Waals surface area (Å²) in [4.78, 5) is 38.3. The van der Waals surface area contributed by atoms with Crippen LogP contribution in [0.3, 0.4) is 0 Å². The maximum atomic E-state index is 13.1. The average Bonchev–Trinajstić information content (AvgIpc) is 2.69. The van der Waals surface area contributed by atoms with E-state index in [0.29, 0.717) is 23.4 Å². The number of fused-ring (bicyclic) bond motifs is 1. The van der Waals surface area contributed by atoms with Crippen LogP contribution in [-0.2, 0) is 25.3 Å². The van der Waals surface area contributed by atoms with Crippen molar-refractivity contribution in [3.05, 3.63) is 73.1 Å². The summed E-state index contributed by atoms with van der Waals surface area (Å²) in [5.74, 6) is 0.136. The van der Waals surface area contributed by atoms with E-state index < -0.39 is 5.92 Å². The number of hydrogen-bond acceptors (Lipinski definition) is 4. The molecule has 4 rings (SSSR count). The van der Waals surface area contributed by atoms with Gasteiger partial charge in [0.2, 0.25) is 0 Å². The Morgan fingerprint density at radius 1 is 1.04 bits per heavy atom. The molecular weight excluding hydrogens is 342 g/mol. The number of aromatic nitrogens is 2. The van der Waals surface area contributed by atoms with E-state index in [-0.39, 0.29) is 17.0 Å². The van der Waals surface area contributed by atoms with Crippen molar-refractivity contribution >= 4 is 11.6 Å². The lowest BCUT2D eigenvalue weighted by Gasteiger charge is -2.34. The summed E-state index contributed by atoms with van der Waals surface area (Å²) < 4.78 is 2.58. The number of carbonyl (C=O) groups excluding carboxylic acids is 1. The molecule has 0 bridgehead atoms. The zero-order valence-electron chi connectivity index (χ0n) is 15.8. The molecule has 1 aliphatic carbocycles. The Bertz CT molecular complexity index is 1090. The number of allylic oxidation sites excluding steroid dienone is 2. The molecule has 1 N–H and O–H groups in total. The SMILES string of the molecule is CCc1ccc(C2C3=C(CCCC3=O)Nc3c2c(=O)n(C)c(=O)n3C)cc1. The summed E-state index contributed by atoms with van der Waals surface area (Å²) in [6.45, 7) is 2.09. The van der Waals surface area contributed by atoms with Crippen LogP contribution in [-0.4, -0.2) is 14.9 Å². The second kappa shape index (κ2) is 6.37. The van der Waals surface area contributed by atoms with Gasteiger partial charge in [-0.25, -0.2) is 4.79 Å². The summed E-state index contributed by atoms with van der Waals surface area (Å²) in [5.41, 5.74) is 3.37. The van der Waals surface area contributed by atoms with Crippen molar-refractivity contribution in [1.29, 1.82) is 0 Å². The highest BCUT2D eigenvalue weighted by molar-refractivity contribution is 6.00. The van der Waals surface area contributed by atoms with E-state index in [2.05, 4.69) is 12.2 Å². The number of nitrogens with one attached hydrogen (secondary N) is 1. The first-order valence-electron chi connectivity index (χ1n) is 9.36. The lowest BCUT2D eigenvalue weighted by molar-refractivity contribution is -0.116. The molecule has 2 aliphatic rings. The molecule has 0 saturated carbocycles. The third-order valence-electron chi connectivity index (χ3n) is 5.72. The van der Waals surface area contributed by atoms with Crippen molar-refractivity contribution in [2.24, 2.45) is 14.1 Å². The van der Waals surface area contributed by atoms with Crippen LogP contribution in [0.4, 0.5) is 5.82 Å². The standard InChI is InChI=1S/C21H23N3O3/c1-4-12-8-10-13(11-9-12)16-17-14(6-5-7-15(17)25)22-19-18(16)20(26)24(3)21(27)23(19)2/h8-11,16,22H,4-7H2,1-3H3. The topological polar surface area (TPSA) is 73.1 Å². The van der Waals surface area contributed by atoms with Gasteiger partial charge in [0.15, 0.2) is 5.78 Å². The van der Waals surface area contributed by atoms with Crippen LogP contribution >= 0.6 is 0 Å². The van der Waals surface area contributed by atoms with E-state index in [9.17, 15) is 14.4 Å². The number of carbonyl (C=O) groups is 1. The molecule has 27 heavy (non-hydrogen) atoms. The molecule has 1 atom stereocenters. The van der Waals surface area contributed by atoms with Gasteiger partial charge in [-0.1, -0.05) is 31.2 Å². The predicted molar refractivity (Wildman–Crippen MR) is 104 cm³/mol. The molecule has 140 valence electrons. The first-order chi connectivity index (χ1) is 12.9. The monoisotopic (exact) mass is 365 g/mol. The van der Waals surface area contributed by atoms with Gasteiger partial charge in [0.25, 0.3) is 5.56 Å². The molecule has 2 aromatic rings. The third-order valence-corrected chi connectivity index (χ3v) is 5.72. The van der Waals surface area contributed by atoms with Crippen LogP contribution in [0.5, 0.6) is 0 Å². The highest BCUT2D eigenvalue weighted by Gasteiger charge is 2.38. The molecular formula is C21H23N3O3. The smallest absolute Gasteiger partial charge is 0.332 e. The van der Waals surface area contributed by atoms with Gasteiger partial charge in [-0.2, -0.15) is 0 Å². The maximum absolute atomic E-state index is 13.1. The predicted octanol–water partition coefficient (Wildman–Crippen LogP) is 2.21. The van der Waals surface area contributed by atoms with Crippen molar-refractivity contribution in [2.45, 2.75) is 38.5 Å². The van der Waals surface area contributed by atoms with Gasteiger partial charge in [0.05, 0.1) is 5.56 Å². The van der Waals surface area contributed by atoms with E-state index in [0.717, 1.165) is 35.1 Å². The van der Waals surface area contributed by atoms with Crippen LogP contribution < -0.4 is 16.6 Å². The molecule has 2 heterocycles. The molecule has 6 nitrogen and oxygen atoms in total. The van der Waals surface area contributed by atoms with Crippen molar-refractivity contribution in [3.63, 3.8) is 0 Å². The van der Waals surface area contributed by atoms with Crippen molar-refractivity contribution in [2.75, 3.05) is 5.32 Å². The molecule has 0 radical (unpaired) electrons. The normalized spacial score (nSPS) is 18.8. The van der Waals surface area contributed by atoms with Crippen LogP contribution in [0.2, 0.25) is 0 Å². The summed E-state index contributed by atoms with van der Waals surface area (Å²) in [5, 5.41) is 3.24. The Hall–Kier alpha value is -2.89. The van der Waals surface area contributed by atoms with Gasteiger partial charge in [0.1, 0.15) is 5.82 Å². The second-order valence-electron chi connectivity index (χ2n) is 7.29. The number of rotatable bonds is 2. The molecule has 0 spiro atoms. The van der Waals surface area contributed by atoms with Crippen molar-refractivity contribution in [1.82, 2.24) is 9.13 Å². The van der Waals surface area contributed by atoms with E-state index >= 15 is 0 Å². The van der Waals surface area contributed by atoms with E-state index in [1.807, 2.05) is 24.3 Å². The van der Waals surface area contributed by atoms with E-state index in [4.69, 9.17) is 0 Å².